The summed E-state index contributed by atoms with van der Waals surface area (Å²) in [5, 5.41) is 5.88. The Balaban J connectivity index is 0.00000220. The molecule has 116 valence electrons. The number of halogens is 2. The van der Waals surface area contributed by atoms with Gasteiger partial charge in [-0.25, -0.2) is 4.39 Å². The van der Waals surface area contributed by atoms with Gasteiger partial charge in [0, 0.05) is 12.1 Å². The monoisotopic (exact) mass is 315 g/mol. The minimum atomic E-state index is -0.824. The molecule has 2 amide bonds. The summed E-state index contributed by atoms with van der Waals surface area (Å²) in [6, 6.07) is 3.86. The predicted molar refractivity (Wildman–Crippen MR) is 81.0 cm³/mol. The van der Waals surface area contributed by atoms with Crippen molar-refractivity contribution in [3.05, 3.63) is 29.6 Å². The first-order valence-corrected chi connectivity index (χ1v) is 6.66. The topological polar surface area (TPSA) is 84.2 Å². The van der Waals surface area contributed by atoms with E-state index in [1.807, 2.05) is 0 Å². The molecule has 1 aromatic carbocycles. The number of hydrogen-bond donors (Lipinski definition) is 3. The molecule has 0 aromatic heterocycles. The van der Waals surface area contributed by atoms with Crippen LogP contribution in [0.1, 0.15) is 29.6 Å². The van der Waals surface area contributed by atoms with Crippen molar-refractivity contribution in [1.82, 2.24) is 5.32 Å². The van der Waals surface area contributed by atoms with Crippen molar-refractivity contribution in [2.45, 2.75) is 19.3 Å². The summed E-state index contributed by atoms with van der Waals surface area (Å²) in [6.45, 7) is 1.86. The Labute approximate surface area is 128 Å². The fourth-order valence-electron chi connectivity index (χ4n) is 2.35. The van der Waals surface area contributed by atoms with E-state index in [9.17, 15) is 14.0 Å². The molecule has 1 aliphatic rings. The van der Waals surface area contributed by atoms with Gasteiger partial charge in [-0.3, -0.25) is 9.59 Å². The molecule has 1 fully saturated rings. The fourth-order valence-corrected chi connectivity index (χ4v) is 2.35. The standard InChI is InChI=1S/C14H18FN3O2.ClH/c15-12-8-10(1-2-11(12)14(16)20)18-13(19)7-9-3-5-17-6-4-9;/h1-2,8-9,17H,3-7H2,(H2,16,20)(H,18,19);1H. The van der Waals surface area contributed by atoms with Crippen LogP contribution in [-0.4, -0.2) is 24.9 Å². The number of carbonyl (C=O) groups excluding carboxylic acids is 2. The molecule has 0 spiro atoms. The zero-order chi connectivity index (χ0) is 14.5. The van der Waals surface area contributed by atoms with Crippen molar-refractivity contribution in [3.63, 3.8) is 0 Å². The maximum atomic E-state index is 13.5. The average molecular weight is 316 g/mol. The second kappa shape index (κ2) is 7.95. The van der Waals surface area contributed by atoms with E-state index in [0.717, 1.165) is 32.0 Å². The molecule has 5 nitrogen and oxygen atoms in total. The molecule has 1 aromatic rings. The lowest BCUT2D eigenvalue weighted by Crippen LogP contribution is -2.30. The lowest BCUT2D eigenvalue weighted by atomic mass is 9.94. The zero-order valence-corrected chi connectivity index (χ0v) is 12.3. The first-order valence-electron chi connectivity index (χ1n) is 6.66. The molecule has 21 heavy (non-hydrogen) atoms. The summed E-state index contributed by atoms with van der Waals surface area (Å²) in [5.41, 5.74) is 5.18. The van der Waals surface area contributed by atoms with Gasteiger partial charge in [-0.05, 0) is 50.0 Å². The molecule has 0 atom stereocenters. The lowest BCUT2D eigenvalue weighted by Gasteiger charge is -2.21. The van der Waals surface area contributed by atoms with Gasteiger partial charge in [0.25, 0.3) is 5.91 Å². The van der Waals surface area contributed by atoms with E-state index in [4.69, 9.17) is 5.73 Å². The van der Waals surface area contributed by atoms with Crippen LogP contribution in [0.4, 0.5) is 10.1 Å². The molecule has 0 bridgehead atoms. The molecule has 1 saturated heterocycles. The first kappa shape index (κ1) is 17.4. The molecule has 2 rings (SSSR count). The summed E-state index contributed by atoms with van der Waals surface area (Å²) in [6.07, 6.45) is 2.38. The minimum Gasteiger partial charge on any atom is -0.366 e. The second-order valence-electron chi connectivity index (χ2n) is 5.00. The maximum Gasteiger partial charge on any atom is 0.251 e. The van der Waals surface area contributed by atoms with Gasteiger partial charge >= 0.3 is 0 Å². The summed E-state index contributed by atoms with van der Waals surface area (Å²) in [7, 11) is 0. The molecular formula is C14H19ClFN3O2. The van der Waals surface area contributed by atoms with Crippen molar-refractivity contribution < 1.29 is 14.0 Å². The molecular weight excluding hydrogens is 297 g/mol. The Morgan fingerprint density at radius 2 is 2.00 bits per heavy atom. The minimum absolute atomic E-state index is 0. The number of primary amides is 1. The van der Waals surface area contributed by atoms with E-state index in [1.54, 1.807) is 0 Å². The summed E-state index contributed by atoms with van der Waals surface area (Å²) in [4.78, 5) is 22.8. The summed E-state index contributed by atoms with van der Waals surface area (Å²) in [5.74, 6) is -1.32. The quantitative estimate of drug-likeness (QED) is 0.790. The van der Waals surface area contributed by atoms with Crippen LogP contribution < -0.4 is 16.4 Å². The van der Waals surface area contributed by atoms with Crippen molar-refractivity contribution >= 4 is 29.9 Å². The Hall–Kier alpha value is -1.66. The van der Waals surface area contributed by atoms with Gasteiger partial charge in [0.1, 0.15) is 5.82 Å². The van der Waals surface area contributed by atoms with Crippen LogP contribution in [0.2, 0.25) is 0 Å². The molecule has 7 heteroatoms. The van der Waals surface area contributed by atoms with Crippen LogP contribution in [0.5, 0.6) is 0 Å². The lowest BCUT2D eigenvalue weighted by molar-refractivity contribution is -0.117. The number of rotatable bonds is 4. The van der Waals surface area contributed by atoms with Gasteiger partial charge in [-0.2, -0.15) is 0 Å². The van der Waals surface area contributed by atoms with Gasteiger partial charge < -0.3 is 16.4 Å². The Morgan fingerprint density at radius 3 is 2.57 bits per heavy atom. The van der Waals surface area contributed by atoms with E-state index in [0.29, 0.717) is 18.0 Å². The Kier molecular flexibility index (Phi) is 6.58. The number of benzene rings is 1. The highest BCUT2D eigenvalue weighted by Gasteiger charge is 2.17. The van der Waals surface area contributed by atoms with Crippen LogP contribution >= 0.6 is 12.4 Å². The van der Waals surface area contributed by atoms with Gasteiger partial charge in [-0.15, -0.1) is 12.4 Å². The van der Waals surface area contributed by atoms with Crippen molar-refractivity contribution in [2.24, 2.45) is 11.7 Å². The third kappa shape index (κ3) is 4.99. The predicted octanol–water partition coefficient (Wildman–Crippen LogP) is 1.67. The highest BCUT2D eigenvalue weighted by atomic mass is 35.5. The van der Waals surface area contributed by atoms with Crippen LogP contribution in [-0.2, 0) is 4.79 Å². The smallest absolute Gasteiger partial charge is 0.251 e. The van der Waals surface area contributed by atoms with E-state index >= 15 is 0 Å². The van der Waals surface area contributed by atoms with Gasteiger partial charge in [0.05, 0.1) is 5.56 Å². The highest BCUT2D eigenvalue weighted by Crippen LogP contribution is 2.18. The fraction of sp³-hybridized carbons (Fsp3) is 0.429. The van der Waals surface area contributed by atoms with E-state index in [2.05, 4.69) is 10.6 Å². The van der Waals surface area contributed by atoms with Crippen molar-refractivity contribution in [1.29, 1.82) is 0 Å². The SMILES string of the molecule is Cl.NC(=O)c1ccc(NC(=O)CC2CCNCC2)cc1F. The zero-order valence-electron chi connectivity index (χ0n) is 11.5. The number of carbonyl (C=O) groups is 2. The number of anilines is 1. The molecule has 1 heterocycles. The highest BCUT2D eigenvalue weighted by molar-refractivity contribution is 5.95. The number of amides is 2. The number of nitrogens with one attached hydrogen (secondary N) is 2. The average Bonchev–Trinajstić information content (AvgIpc) is 2.39. The van der Waals surface area contributed by atoms with Gasteiger partial charge in [0.2, 0.25) is 5.91 Å². The summed E-state index contributed by atoms with van der Waals surface area (Å²) >= 11 is 0. The first-order chi connectivity index (χ1) is 9.56. The molecule has 1 aliphatic heterocycles. The number of nitrogens with two attached hydrogens (primary N) is 1. The van der Waals surface area contributed by atoms with Gasteiger partial charge in [0.15, 0.2) is 0 Å². The maximum absolute atomic E-state index is 13.5. The van der Waals surface area contributed by atoms with E-state index in [-0.39, 0.29) is 23.9 Å². The van der Waals surface area contributed by atoms with E-state index < -0.39 is 11.7 Å². The van der Waals surface area contributed by atoms with Crippen molar-refractivity contribution in [3.8, 4) is 0 Å². The van der Waals surface area contributed by atoms with Gasteiger partial charge in [-0.1, -0.05) is 0 Å². The third-order valence-corrected chi connectivity index (χ3v) is 3.45. The third-order valence-electron chi connectivity index (χ3n) is 3.45. The summed E-state index contributed by atoms with van der Waals surface area (Å²) < 4.78 is 13.5. The second-order valence-corrected chi connectivity index (χ2v) is 5.00. The van der Waals surface area contributed by atoms with Crippen molar-refractivity contribution in [2.75, 3.05) is 18.4 Å². The van der Waals surface area contributed by atoms with E-state index in [1.165, 1.54) is 12.1 Å². The molecule has 0 saturated carbocycles. The molecule has 0 aliphatic carbocycles. The Morgan fingerprint density at radius 1 is 1.33 bits per heavy atom. The van der Waals surface area contributed by atoms with Crippen LogP contribution in [0.3, 0.4) is 0 Å². The number of piperidine rings is 1. The van der Waals surface area contributed by atoms with Crippen LogP contribution in [0.25, 0.3) is 0 Å². The largest absolute Gasteiger partial charge is 0.366 e. The normalized spacial score (nSPS) is 15.1. The van der Waals surface area contributed by atoms with Crippen LogP contribution in [0.15, 0.2) is 18.2 Å². The molecule has 0 radical (unpaired) electrons. The molecule has 4 N–H and O–H groups in total. The van der Waals surface area contributed by atoms with Crippen LogP contribution in [0, 0.1) is 11.7 Å². The molecule has 0 unspecified atom stereocenters. The number of hydrogen-bond acceptors (Lipinski definition) is 3. The Bertz CT molecular complexity index is 519.